The van der Waals surface area contributed by atoms with E-state index in [1.165, 1.54) is 71.3 Å². The summed E-state index contributed by atoms with van der Waals surface area (Å²) in [5.74, 6) is 0. The van der Waals surface area contributed by atoms with Gasteiger partial charge in [-0.15, -0.1) is 0 Å². The van der Waals surface area contributed by atoms with Gasteiger partial charge >= 0.3 is 0 Å². The van der Waals surface area contributed by atoms with E-state index in [0.717, 1.165) is 0 Å². The van der Waals surface area contributed by atoms with Gasteiger partial charge in [-0.2, -0.15) is 0 Å². The molecular formula is C33H26. The van der Waals surface area contributed by atoms with Crippen molar-refractivity contribution in [1.82, 2.24) is 0 Å². The maximum Gasteiger partial charge on any atom is -0.00210 e. The molecule has 0 bridgehead atoms. The molecule has 0 unspecified atom stereocenters. The molecule has 0 aliphatic heterocycles. The van der Waals surface area contributed by atoms with E-state index < -0.39 is 0 Å². The minimum absolute atomic E-state index is 1.27. The molecule has 0 aliphatic rings. The van der Waals surface area contributed by atoms with E-state index in [0.29, 0.717) is 0 Å². The van der Waals surface area contributed by atoms with Crippen LogP contribution in [0.5, 0.6) is 0 Å². The standard InChI is InChI=1S/C33H26/c1-21-18-22(2)31(23(3)19-21)33-29-14-8-6-12-27(29)32(28-13-7-9-15-30(28)33)26-17-16-24-10-4-5-11-25(24)20-26/h4-20H,1-3H3. The quantitative estimate of drug-likeness (QED) is 0.244. The van der Waals surface area contributed by atoms with Crippen molar-refractivity contribution in [3.63, 3.8) is 0 Å². The Hall–Kier alpha value is -3.90. The van der Waals surface area contributed by atoms with Gasteiger partial charge in [0.05, 0.1) is 0 Å². The molecule has 0 radical (unpaired) electrons. The van der Waals surface area contributed by atoms with Gasteiger partial charge in [-0.1, -0.05) is 103 Å². The number of aryl methyl sites for hydroxylation is 3. The molecule has 0 saturated carbocycles. The first-order chi connectivity index (χ1) is 16.1. The molecular weight excluding hydrogens is 396 g/mol. The second-order valence-electron chi connectivity index (χ2n) is 9.18. The number of benzene rings is 6. The van der Waals surface area contributed by atoms with Gasteiger partial charge in [0.25, 0.3) is 0 Å². The lowest BCUT2D eigenvalue weighted by Gasteiger charge is -2.20. The fraction of sp³-hybridized carbons (Fsp3) is 0.0909. The van der Waals surface area contributed by atoms with Crippen molar-refractivity contribution in [2.75, 3.05) is 0 Å². The predicted molar refractivity (Wildman–Crippen MR) is 144 cm³/mol. The van der Waals surface area contributed by atoms with Crippen LogP contribution in [0.25, 0.3) is 54.6 Å². The minimum Gasteiger partial charge on any atom is -0.0616 e. The van der Waals surface area contributed by atoms with Crippen molar-refractivity contribution >= 4 is 32.3 Å². The van der Waals surface area contributed by atoms with E-state index in [2.05, 4.69) is 124 Å². The Morgan fingerprint density at radius 2 is 0.879 bits per heavy atom. The first-order valence-corrected chi connectivity index (χ1v) is 11.6. The first-order valence-electron chi connectivity index (χ1n) is 11.6. The van der Waals surface area contributed by atoms with Gasteiger partial charge in [-0.05, 0) is 92.5 Å². The van der Waals surface area contributed by atoms with Crippen molar-refractivity contribution in [2.45, 2.75) is 20.8 Å². The third-order valence-electron chi connectivity index (χ3n) is 6.90. The Morgan fingerprint density at radius 3 is 1.45 bits per heavy atom. The van der Waals surface area contributed by atoms with Crippen LogP contribution >= 0.6 is 0 Å². The Labute approximate surface area is 195 Å². The van der Waals surface area contributed by atoms with Gasteiger partial charge in [0.1, 0.15) is 0 Å². The molecule has 158 valence electrons. The third kappa shape index (κ3) is 3.14. The average Bonchev–Trinajstić information content (AvgIpc) is 2.83. The van der Waals surface area contributed by atoms with Crippen LogP contribution in [-0.2, 0) is 0 Å². The lowest BCUT2D eigenvalue weighted by Crippen LogP contribution is -1.95. The van der Waals surface area contributed by atoms with Crippen molar-refractivity contribution in [3.8, 4) is 22.3 Å². The molecule has 0 fully saturated rings. The Kier molecular flexibility index (Phi) is 4.55. The van der Waals surface area contributed by atoms with Crippen molar-refractivity contribution in [2.24, 2.45) is 0 Å². The molecule has 0 aromatic heterocycles. The van der Waals surface area contributed by atoms with Crippen LogP contribution in [0.1, 0.15) is 16.7 Å². The van der Waals surface area contributed by atoms with Gasteiger partial charge in [0.15, 0.2) is 0 Å². The normalized spacial score (nSPS) is 11.5. The summed E-state index contributed by atoms with van der Waals surface area (Å²) < 4.78 is 0. The van der Waals surface area contributed by atoms with Crippen LogP contribution < -0.4 is 0 Å². The van der Waals surface area contributed by atoms with E-state index in [-0.39, 0.29) is 0 Å². The predicted octanol–water partition coefficient (Wildman–Crippen LogP) is 9.41. The van der Waals surface area contributed by atoms with Crippen LogP contribution in [-0.4, -0.2) is 0 Å². The van der Waals surface area contributed by atoms with E-state index in [4.69, 9.17) is 0 Å². The molecule has 6 aromatic carbocycles. The fourth-order valence-electron chi connectivity index (χ4n) is 5.63. The third-order valence-corrected chi connectivity index (χ3v) is 6.90. The molecule has 6 rings (SSSR count). The summed E-state index contributed by atoms with van der Waals surface area (Å²) >= 11 is 0. The number of hydrogen-bond donors (Lipinski definition) is 0. The van der Waals surface area contributed by atoms with Crippen molar-refractivity contribution in [1.29, 1.82) is 0 Å². The summed E-state index contributed by atoms with van der Waals surface area (Å²) in [5.41, 5.74) is 9.28. The molecule has 0 saturated heterocycles. The molecule has 0 aliphatic carbocycles. The van der Waals surface area contributed by atoms with Crippen LogP contribution in [0, 0.1) is 20.8 Å². The zero-order chi connectivity index (χ0) is 22.5. The highest BCUT2D eigenvalue weighted by molar-refractivity contribution is 6.22. The monoisotopic (exact) mass is 422 g/mol. The number of fused-ring (bicyclic) bond motifs is 3. The largest absolute Gasteiger partial charge is 0.0616 e. The lowest BCUT2D eigenvalue weighted by molar-refractivity contribution is 1.33. The van der Waals surface area contributed by atoms with Crippen molar-refractivity contribution < 1.29 is 0 Å². The Bertz CT molecular complexity index is 1600. The molecule has 6 aromatic rings. The van der Waals surface area contributed by atoms with Gasteiger partial charge in [-0.25, -0.2) is 0 Å². The summed E-state index contributed by atoms with van der Waals surface area (Å²) in [4.78, 5) is 0. The van der Waals surface area contributed by atoms with E-state index in [1.54, 1.807) is 0 Å². The second-order valence-corrected chi connectivity index (χ2v) is 9.18. The molecule has 0 spiro atoms. The summed E-state index contributed by atoms with van der Waals surface area (Å²) in [6, 6.07) is 37.9. The van der Waals surface area contributed by atoms with Gasteiger partial charge in [0, 0.05) is 0 Å². The highest BCUT2D eigenvalue weighted by Crippen LogP contribution is 2.45. The molecule has 0 amide bonds. The number of hydrogen-bond acceptors (Lipinski definition) is 0. The number of rotatable bonds is 2. The molecule has 0 nitrogen and oxygen atoms in total. The van der Waals surface area contributed by atoms with E-state index in [1.807, 2.05) is 0 Å². The van der Waals surface area contributed by atoms with Crippen molar-refractivity contribution in [3.05, 3.63) is 120 Å². The van der Waals surface area contributed by atoms with Gasteiger partial charge in [-0.3, -0.25) is 0 Å². The zero-order valence-corrected chi connectivity index (χ0v) is 19.3. The first kappa shape index (κ1) is 19.8. The summed E-state index contributed by atoms with van der Waals surface area (Å²) in [7, 11) is 0. The average molecular weight is 423 g/mol. The smallest absolute Gasteiger partial charge is 0.00210 e. The fourth-order valence-corrected chi connectivity index (χ4v) is 5.63. The maximum absolute atomic E-state index is 2.34. The topological polar surface area (TPSA) is 0 Å². The molecule has 0 N–H and O–H groups in total. The summed E-state index contributed by atoms with van der Waals surface area (Å²) in [6.45, 7) is 6.68. The Morgan fingerprint density at radius 1 is 0.394 bits per heavy atom. The SMILES string of the molecule is Cc1cc(C)c(-c2c3ccccc3c(-c3ccc4ccccc4c3)c3ccccc23)c(C)c1. The van der Waals surface area contributed by atoms with Crippen LogP contribution in [0.3, 0.4) is 0 Å². The summed E-state index contributed by atoms with van der Waals surface area (Å²) in [5, 5.41) is 7.79. The van der Waals surface area contributed by atoms with E-state index >= 15 is 0 Å². The molecule has 0 heteroatoms. The zero-order valence-electron chi connectivity index (χ0n) is 19.3. The molecule has 0 heterocycles. The van der Waals surface area contributed by atoms with Crippen LogP contribution in [0.2, 0.25) is 0 Å². The maximum atomic E-state index is 2.34. The van der Waals surface area contributed by atoms with Crippen LogP contribution in [0.4, 0.5) is 0 Å². The van der Waals surface area contributed by atoms with Gasteiger partial charge < -0.3 is 0 Å². The highest BCUT2D eigenvalue weighted by atomic mass is 14.2. The highest BCUT2D eigenvalue weighted by Gasteiger charge is 2.18. The van der Waals surface area contributed by atoms with E-state index in [9.17, 15) is 0 Å². The minimum atomic E-state index is 1.27. The second kappa shape index (κ2) is 7.60. The lowest BCUT2D eigenvalue weighted by atomic mass is 9.83. The molecule has 33 heavy (non-hydrogen) atoms. The van der Waals surface area contributed by atoms with Crippen LogP contribution in [0.15, 0.2) is 103 Å². The Balaban J connectivity index is 1.79. The summed E-state index contributed by atoms with van der Waals surface area (Å²) in [6.07, 6.45) is 0. The molecule has 0 atom stereocenters. The van der Waals surface area contributed by atoms with Gasteiger partial charge in [0.2, 0.25) is 0 Å².